The molecule has 164 valence electrons. The van der Waals surface area contributed by atoms with E-state index in [1.165, 1.54) is 11.3 Å². The number of benzene rings is 2. The third-order valence-electron chi connectivity index (χ3n) is 5.00. The summed E-state index contributed by atoms with van der Waals surface area (Å²) >= 11 is 1.34. The number of nitrogens with one attached hydrogen (secondary N) is 1. The molecule has 0 aliphatic carbocycles. The largest absolute Gasteiger partial charge is 0.447 e. The van der Waals surface area contributed by atoms with E-state index in [4.69, 9.17) is 9.68 Å². The average Bonchev–Trinajstić information content (AvgIpc) is 3.53. The van der Waals surface area contributed by atoms with E-state index in [-0.39, 0.29) is 0 Å². The lowest BCUT2D eigenvalue weighted by atomic mass is 10.1. The van der Waals surface area contributed by atoms with Crippen molar-refractivity contribution in [2.75, 3.05) is 5.32 Å². The van der Waals surface area contributed by atoms with Crippen LogP contribution in [0.25, 0.3) is 22.2 Å². The van der Waals surface area contributed by atoms with Crippen molar-refractivity contribution < 1.29 is 9.52 Å². The highest BCUT2D eigenvalue weighted by Crippen LogP contribution is 2.31. The summed E-state index contributed by atoms with van der Waals surface area (Å²) in [5, 5.41) is 26.0. The van der Waals surface area contributed by atoms with Crippen LogP contribution in [-0.2, 0) is 5.60 Å². The number of thiazole rings is 1. The molecule has 2 aromatic carbocycles. The minimum absolute atomic E-state index is 0.399. The first-order chi connectivity index (χ1) is 16.5. The van der Waals surface area contributed by atoms with Gasteiger partial charge in [-0.15, -0.1) is 11.3 Å². The Morgan fingerprint density at radius 3 is 2.79 bits per heavy atom. The van der Waals surface area contributed by atoms with E-state index in [1.54, 1.807) is 49.0 Å². The molecular weight excluding hydrogens is 446 g/mol. The third-order valence-corrected chi connectivity index (χ3v) is 5.99. The first-order valence-corrected chi connectivity index (χ1v) is 11.2. The van der Waals surface area contributed by atoms with Crippen LogP contribution in [0, 0.1) is 23.2 Å². The maximum Gasteiger partial charge on any atom is 0.227 e. The van der Waals surface area contributed by atoms with Gasteiger partial charge in [0.1, 0.15) is 10.6 Å². The summed E-state index contributed by atoms with van der Waals surface area (Å²) in [6.07, 6.45) is 3.29. The summed E-state index contributed by atoms with van der Waals surface area (Å²) in [7, 11) is 0. The molecule has 1 unspecified atom stereocenters. The Hall–Kier alpha value is -4.50. The number of furan rings is 1. The van der Waals surface area contributed by atoms with Gasteiger partial charge in [-0.3, -0.25) is 0 Å². The van der Waals surface area contributed by atoms with Crippen LogP contribution in [0.5, 0.6) is 0 Å². The van der Waals surface area contributed by atoms with Crippen molar-refractivity contribution in [3.8, 4) is 29.2 Å². The number of fused-ring (bicyclic) bond motifs is 1. The van der Waals surface area contributed by atoms with Crippen molar-refractivity contribution in [1.82, 2.24) is 15.0 Å². The Balaban J connectivity index is 1.47. The molecule has 0 saturated heterocycles. The third kappa shape index (κ3) is 4.37. The molecule has 0 aliphatic heterocycles. The van der Waals surface area contributed by atoms with Gasteiger partial charge >= 0.3 is 0 Å². The molecule has 0 fully saturated rings. The quantitative estimate of drug-likeness (QED) is 0.352. The zero-order chi connectivity index (χ0) is 23.5. The van der Waals surface area contributed by atoms with Crippen LogP contribution in [0.2, 0.25) is 0 Å². The number of rotatable bonds is 4. The van der Waals surface area contributed by atoms with E-state index >= 15 is 0 Å². The molecule has 8 heteroatoms. The van der Waals surface area contributed by atoms with E-state index in [2.05, 4.69) is 38.2 Å². The fourth-order valence-electron chi connectivity index (χ4n) is 3.39. The molecule has 7 nitrogen and oxygen atoms in total. The van der Waals surface area contributed by atoms with Crippen LogP contribution in [0.4, 0.5) is 11.6 Å². The van der Waals surface area contributed by atoms with Crippen molar-refractivity contribution in [3.63, 3.8) is 0 Å². The Morgan fingerprint density at radius 2 is 1.97 bits per heavy atom. The van der Waals surface area contributed by atoms with Crippen molar-refractivity contribution in [1.29, 1.82) is 5.26 Å². The van der Waals surface area contributed by atoms with Crippen molar-refractivity contribution in [3.05, 3.63) is 88.7 Å². The highest BCUT2D eigenvalue weighted by Gasteiger charge is 2.23. The van der Waals surface area contributed by atoms with Gasteiger partial charge in [-0.05, 0) is 43.2 Å². The summed E-state index contributed by atoms with van der Waals surface area (Å²) < 4.78 is 6.04. The number of hydrogen-bond donors (Lipinski definition) is 2. The van der Waals surface area contributed by atoms with Crippen LogP contribution in [0.3, 0.4) is 0 Å². The van der Waals surface area contributed by atoms with Gasteiger partial charge < -0.3 is 14.8 Å². The normalized spacial score (nSPS) is 12.4. The van der Waals surface area contributed by atoms with Crippen LogP contribution in [0.15, 0.2) is 76.8 Å². The highest BCUT2D eigenvalue weighted by molar-refractivity contribution is 7.09. The van der Waals surface area contributed by atoms with E-state index < -0.39 is 5.60 Å². The van der Waals surface area contributed by atoms with Gasteiger partial charge in [-0.1, -0.05) is 24.1 Å². The summed E-state index contributed by atoms with van der Waals surface area (Å²) in [6.45, 7) is 1.61. The van der Waals surface area contributed by atoms with Crippen LogP contribution >= 0.6 is 11.3 Å². The zero-order valence-corrected chi connectivity index (χ0v) is 18.8. The number of anilines is 2. The summed E-state index contributed by atoms with van der Waals surface area (Å²) in [6, 6.07) is 18.6. The zero-order valence-electron chi connectivity index (χ0n) is 18.0. The first-order valence-electron chi connectivity index (χ1n) is 10.3. The lowest BCUT2D eigenvalue weighted by molar-refractivity contribution is 0.121. The van der Waals surface area contributed by atoms with Crippen LogP contribution in [0.1, 0.15) is 23.3 Å². The highest BCUT2D eigenvalue weighted by atomic mass is 32.1. The molecule has 3 aromatic heterocycles. The average molecular weight is 464 g/mol. The van der Waals surface area contributed by atoms with Crippen LogP contribution < -0.4 is 5.32 Å². The smallest absolute Gasteiger partial charge is 0.227 e. The minimum atomic E-state index is -1.37. The Labute approximate surface area is 199 Å². The van der Waals surface area contributed by atoms with E-state index in [0.29, 0.717) is 33.6 Å². The number of aliphatic hydroxyl groups is 1. The molecule has 34 heavy (non-hydrogen) atoms. The molecule has 0 aliphatic rings. The summed E-state index contributed by atoms with van der Waals surface area (Å²) in [4.78, 5) is 13.1. The van der Waals surface area contributed by atoms with E-state index in [9.17, 15) is 5.11 Å². The molecule has 0 radical (unpaired) electrons. The lowest BCUT2D eigenvalue weighted by Crippen LogP contribution is -2.17. The molecule has 0 amide bonds. The topological polar surface area (TPSA) is 108 Å². The van der Waals surface area contributed by atoms with Crippen molar-refractivity contribution in [2.24, 2.45) is 0 Å². The number of nitriles is 1. The molecule has 5 rings (SSSR count). The number of para-hydroxylation sites is 1. The van der Waals surface area contributed by atoms with E-state index in [1.807, 2.05) is 30.3 Å². The molecule has 0 bridgehead atoms. The van der Waals surface area contributed by atoms with Gasteiger partial charge in [-0.25, -0.2) is 15.0 Å². The summed E-state index contributed by atoms with van der Waals surface area (Å²) in [5.74, 6) is 6.60. The molecule has 1 atom stereocenters. The van der Waals surface area contributed by atoms with Gasteiger partial charge in [0.15, 0.2) is 11.4 Å². The SMILES string of the molecule is CC(O)(C#Cc1cc2cccc(-c3ccnc(Nc4cccc(C#N)c4)n3)c2o1)c1nccs1. The summed E-state index contributed by atoms with van der Waals surface area (Å²) in [5.41, 5.74) is 1.99. The number of hydrogen-bond acceptors (Lipinski definition) is 8. The number of aromatic nitrogens is 3. The van der Waals surface area contributed by atoms with Gasteiger partial charge in [-0.2, -0.15) is 5.26 Å². The second-order valence-corrected chi connectivity index (χ2v) is 8.47. The monoisotopic (exact) mass is 463 g/mol. The van der Waals surface area contributed by atoms with Gasteiger partial charge in [0.25, 0.3) is 0 Å². The van der Waals surface area contributed by atoms with Gasteiger partial charge in [0, 0.05) is 40.5 Å². The standard InChI is InChI=1S/C26H17N5O2S/c1-26(32,24-28-12-13-34-24)10-8-20-15-18-5-3-7-21(23(18)33-20)22-9-11-29-25(31-22)30-19-6-2-4-17(14-19)16-27/h2-7,9,11-15,32H,1H3,(H,29,30,31). The van der Waals surface area contributed by atoms with E-state index in [0.717, 1.165) is 16.6 Å². The lowest BCUT2D eigenvalue weighted by Gasteiger charge is -2.11. The minimum Gasteiger partial charge on any atom is -0.447 e. The van der Waals surface area contributed by atoms with Crippen molar-refractivity contribution in [2.45, 2.75) is 12.5 Å². The molecule has 3 heterocycles. The maximum absolute atomic E-state index is 10.6. The fraction of sp³-hybridized carbons (Fsp3) is 0.0769. The molecule has 5 aromatic rings. The van der Waals surface area contributed by atoms with Crippen molar-refractivity contribution >= 4 is 33.9 Å². The van der Waals surface area contributed by atoms with Gasteiger partial charge in [0.2, 0.25) is 5.95 Å². The molecular formula is C26H17N5O2S. The fourth-order valence-corrected chi connectivity index (χ4v) is 4.04. The Morgan fingerprint density at radius 1 is 1.09 bits per heavy atom. The Bertz CT molecular complexity index is 1590. The predicted octanol–water partition coefficient (Wildman–Crippen LogP) is 5.22. The second-order valence-electron chi connectivity index (χ2n) is 7.58. The molecule has 2 N–H and O–H groups in total. The van der Waals surface area contributed by atoms with Gasteiger partial charge in [0.05, 0.1) is 17.3 Å². The first kappa shape index (κ1) is 21.4. The molecule has 0 spiro atoms. The molecule has 0 saturated carbocycles. The second kappa shape index (κ2) is 8.80. The number of nitrogens with zero attached hydrogens (tertiary/aromatic N) is 4. The maximum atomic E-state index is 10.6. The van der Waals surface area contributed by atoms with Crippen LogP contribution in [-0.4, -0.2) is 20.1 Å². The Kier molecular flexibility index (Phi) is 5.52. The predicted molar refractivity (Wildman–Crippen MR) is 130 cm³/mol.